The molecule has 0 unspecified atom stereocenters. The number of anilines is 2. The number of benzene rings is 1. The van der Waals surface area contributed by atoms with Crippen LogP contribution in [0.2, 0.25) is 0 Å². The highest BCUT2D eigenvalue weighted by Crippen LogP contribution is 2.22. The Morgan fingerprint density at radius 2 is 2.14 bits per heavy atom. The zero-order chi connectivity index (χ0) is 14.7. The molecule has 0 saturated carbocycles. The van der Waals surface area contributed by atoms with Gasteiger partial charge in [-0.15, -0.1) is 0 Å². The Balaban J connectivity index is 1.84. The first-order valence-corrected chi connectivity index (χ1v) is 6.91. The van der Waals surface area contributed by atoms with Gasteiger partial charge in [-0.2, -0.15) is 0 Å². The van der Waals surface area contributed by atoms with Crippen molar-refractivity contribution in [2.45, 2.75) is 13.5 Å². The van der Waals surface area contributed by atoms with E-state index in [0.717, 1.165) is 17.9 Å². The van der Waals surface area contributed by atoms with E-state index in [1.54, 1.807) is 13.3 Å². The maximum Gasteiger partial charge on any atom is 0.227 e. The summed E-state index contributed by atoms with van der Waals surface area (Å²) in [6, 6.07) is 10.2. The van der Waals surface area contributed by atoms with Crippen molar-refractivity contribution in [2.24, 2.45) is 0 Å². The fraction of sp³-hybridized carbons (Fsp3) is 0.250. The first kappa shape index (κ1) is 13.6. The molecule has 0 aliphatic carbocycles. The van der Waals surface area contributed by atoms with Crippen LogP contribution in [0.3, 0.4) is 0 Å². The Morgan fingerprint density at radius 3 is 2.95 bits per heavy atom. The van der Waals surface area contributed by atoms with Gasteiger partial charge in [0.1, 0.15) is 0 Å². The molecule has 0 atom stereocenters. The summed E-state index contributed by atoms with van der Waals surface area (Å²) in [6.07, 6.45) is 3.83. The van der Waals surface area contributed by atoms with Gasteiger partial charge in [-0.25, -0.2) is 9.97 Å². The van der Waals surface area contributed by atoms with Crippen molar-refractivity contribution in [3.8, 4) is 0 Å². The predicted octanol–water partition coefficient (Wildman–Crippen LogP) is 3.13. The minimum Gasteiger partial charge on any atom is -0.383 e. The third-order valence-electron chi connectivity index (χ3n) is 3.36. The van der Waals surface area contributed by atoms with E-state index in [0.29, 0.717) is 12.6 Å². The first-order chi connectivity index (χ1) is 10.3. The molecule has 2 aromatic heterocycles. The molecule has 0 spiro atoms. The van der Waals surface area contributed by atoms with E-state index in [1.807, 2.05) is 19.1 Å². The molecule has 3 rings (SSSR count). The number of methoxy groups -OCH3 is 1. The zero-order valence-corrected chi connectivity index (χ0v) is 12.2. The molecule has 0 amide bonds. The number of hydrogen-bond donors (Lipinski definition) is 1. The van der Waals surface area contributed by atoms with Crippen LogP contribution in [0.1, 0.15) is 5.69 Å². The van der Waals surface area contributed by atoms with E-state index in [-0.39, 0.29) is 0 Å². The molecule has 2 heterocycles. The predicted molar refractivity (Wildman–Crippen MR) is 83.9 cm³/mol. The topological polar surface area (TPSA) is 52.0 Å². The number of rotatable bonds is 5. The van der Waals surface area contributed by atoms with E-state index < -0.39 is 0 Å². The van der Waals surface area contributed by atoms with Gasteiger partial charge in [0.2, 0.25) is 5.95 Å². The summed E-state index contributed by atoms with van der Waals surface area (Å²) < 4.78 is 7.31. The van der Waals surface area contributed by atoms with Gasteiger partial charge in [0, 0.05) is 48.3 Å². The molecule has 0 saturated heterocycles. The maximum atomic E-state index is 5.13. The molecule has 0 fully saturated rings. The van der Waals surface area contributed by atoms with Crippen molar-refractivity contribution >= 4 is 22.5 Å². The van der Waals surface area contributed by atoms with Crippen LogP contribution in [0.25, 0.3) is 10.9 Å². The number of nitrogens with one attached hydrogen (secondary N) is 1. The Kier molecular flexibility index (Phi) is 3.83. The largest absolute Gasteiger partial charge is 0.383 e. The number of nitrogens with zero attached hydrogens (tertiary/aromatic N) is 3. The molecule has 21 heavy (non-hydrogen) atoms. The molecular formula is C16H18N4O. The van der Waals surface area contributed by atoms with E-state index in [2.05, 4.69) is 44.2 Å². The summed E-state index contributed by atoms with van der Waals surface area (Å²) in [6.45, 7) is 3.51. The molecule has 1 aromatic carbocycles. The summed E-state index contributed by atoms with van der Waals surface area (Å²) in [5.41, 5.74) is 3.12. The van der Waals surface area contributed by atoms with Gasteiger partial charge in [0.05, 0.1) is 6.61 Å². The fourth-order valence-corrected chi connectivity index (χ4v) is 2.30. The Bertz CT molecular complexity index is 751. The Hall–Kier alpha value is -2.40. The lowest BCUT2D eigenvalue weighted by Crippen LogP contribution is -2.02. The van der Waals surface area contributed by atoms with Crippen LogP contribution in [0.15, 0.2) is 42.7 Å². The molecule has 0 radical (unpaired) electrons. The quantitative estimate of drug-likeness (QED) is 0.781. The van der Waals surface area contributed by atoms with Gasteiger partial charge >= 0.3 is 0 Å². The summed E-state index contributed by atoms with van der Waals surface area (Å²) >= 11 is 0. The van der Waals surface area contributed by atoms with Crippen molar-refractivity contribution in [1.29, 1.82) is 0 Å². The van der Waals surface area contributed by atoms with Gasteiger partial charge in [0.15, 0.2) is 0 Å². The second-order valence-electron chi connectivity index (χ2n) is 4.92. The van der Waals surface area contributed by atoms with Crippen molar-refractivity contribution in [2.75, 3.05) is 19.0 Å². The van der Waals surface area contributed by atoms with E-state index in [4.69, 9.17) is 4.74 Å². The molecule has 5 heteroatoms. The normalized spacial score (nSPS) is 11.0. The minimum atomic E-state index is 0.619. The lowest BCUT2D eigenvalue weighted by molar-refractivity contribution is 0.188. The highest BCUT2D eigenvalue weighted by atomic mass is 16.5. The highest BCUT2D eigenvalue weighted by molar-refractivity contribution is 5.84. The van der Waals surface area contributed by atoms with Crippen LogP contribution in [-0.4, -0.2) is 28.3 Å². The van der Waals surface area contributed by atoms with Crippen molar-refractivity contribution < 1.29 is 4.74 Å². The number of aryl methyl sites for hydroxylation is 1. The number of hydrogen-bond acceptors (Lipinski definition) is 4. The maximum absolute atomic E-state index is 5.13. The number of fused-ring (bicyclic) bond motifs is 1. The average molecular weight is 282 g/mol. The van der Waals surface area contributed by atoms with E-state index in [1.165, 1.54) is 10.9 Å². The van der Waals surface area contributed by atoms with Crippen LogP contribution in [0.4, 0.5) is 11.6 Å². The number of ether oxygens (including phenoxy) is 1. The van der Waals surface area contributed by atoms with Gasteiger partial charge in [-0.3, -0.25) is 0 Å². The molecule has 0 aliphatic rings. The van der Waals surface area contributed by atoms with E-state index >= 15 is 0 Å². The van der Waals surface area contributed by atoms with Crippen LogP contribution in [0.5, 0.6) is 0 Å². The van der Waals surface area contributed by atoms with Crippen molar-refractivity contribution in [1.82, 2.24) is 14.5 Å². The SMILES string of the molecule is COCCn1ccc2cc(Nc3nccc(C)n3)ccc21. The molecule has 0 aliphatic heterocycles. The molecule has 1 N–H and O–H groups in total. The van der Waals surface area contributed by atoms with Gasteiger partial charge < -0.3 is 14.6 Å². The molecule has 108 valence electrons. The minimum absolute atomic E-state index is 0.619. The summed E-state index contributed by atoms with van der Waals surface area (Å²) in [7, 11) is 1.72. The highest BCUT2D eigenvalue weighted by Gasteiger charge is 2.03. The molecule has 3 aromatic rings. The van der Waals surface area contributed by atoms with E-state index in [9.17, 15) is 0 Å². The van der Waals surface area contributed by atoms with Gasteiger partial charge in [0.25, 0.3) is 0 Å². The molecule has 0 bridgehead atoms. The second kappa shape index (κ2) is 5.93. The van der Waals surface area contributed by atoms with Crippen molar-refractivity contribution in [3.05, 3.63) is 48.4 Å². The summed E-state index contributed by atoms with van der Waals surface area (Å²) in [5, 5.41) is 4.42. The zero-order valence-electron chi connectivity index (χ0n) is 12.2. The monoisotopic (exact) mass is 282 g/mol. The van der Waals surface area contributed by atoms with Crippen molar-refractivity contribution in [3.63, 3.8) is 0 Å². The molecule has 5 nitrogen and oxygen atoms in total. The lowest BCUT2D eigenvalue weighted by Gasteiger charge is -2.07. The van der Waals surface area contributed by atoms with Gasteiger partial charge in [-0.05, 0) is 37.3 Å². The van der Waals surface area contributed by atoms with Crippen LogP contribution in [0, 0.1) is 6.92 Å². The third kappa shape index (κ3) is 3.03. The van der Waals surface area contributed by atoms with Crippen LogP contribution in [-0.2, 0) is 11.3 Å². The van der Waals surface area contributed by atoms with Crippen LogP contribution < -0.4 is 5.32 Å². The standard InChI is InChI=1S/C16H18N4O/c1-12-5-7-17-16(18-12)19-14-3-4-15-13(11-14)6-8-20(15)9-10-21-2/h3-8,11H,9-10H2,1-2H3,(H,17,18,19). The fourth-order valence-electron chi connectivity index (χ4n) is 2.30. The Labute approximate surface area is 123 Å². The van der Waals surface area contributed by atoms with Gasteiger partial charge in [-0.1, -0.05) is 0 Å². The number of aromatic nitrogens is 3. The summed E-state index contributed by atoms with van der Waals surface area (Å²) in [5.74, 6) is 0.619. The smallest absolute Gasteiger partial charge is 0.227 e. The third-order valence-corrected chi connectivity index (χ3v) is 3.36. The Morgan fingerprint density at radius 1 is 1.24 bits per heavy atom. The second-order valence-corrected chi connectivity index (χ2v) is 4.92. The average Bonchev–Trinajstić information content (AvgIpc) is 2.87. The molecular weight excluding hydrogens is 264 g/mol. The summed E-state index contributed by atoms with van der Waals surface area (Å²) in [4.78, 5) is 8.57. The first-order valence-electron chi connectivity index (χ1n) is 6.91. The van der Waals surface area contributed by atoms with Crippen LogP contribution >= 0.6 is 0 Å². The lowest BCUT2D eigenvalue weighted by atomic mass is 10.2.